The quantitative estimate of drug-likeness (QED) is 0.520. The molecule has 0 amide bonds. The Morgan fingerprint density at radius 2 is 1.89 bits per heavy atom. The second kappa shape index (κ2) is 8.92. The summed E-state index contributed by atoms with van der Waals surface area (Å²) in [5, 5.41) is 3.71. The van der Waals surface area contributed by atoms with Gasteiger partial charge in [-0.15, -0.1) is 0 Å². The van der Waals surface area contributed by atoms with Crippen molar-refractivity contribution >= 4 is 0 Å². The van der Waals surface area contributed by atoms with Gasteiger partial charge in [-0.1, -0.05) is 33.6 Å². The van der Waals surface area contributed by atoms with Crippen molar-refractivity contribution in [2.75, 3.05) is 19.8 Å². The molecule has 0 aromatic heterocycles. The van der Waals surface area contributed by atoms with E-state index in [0.29, 0.717) is 5.41 Å². The van der Waals surface area contributed by atoms with Crippen LogP contribution in [0.25, 0.3) is 0 Å². The smallest absolute Gasteiger partial charge is 0.0478 e. The molecule has 0 bridgehead atoms. The molecule has 0 aromatic carbocycles. The lowest BCUT2D eigenvalue weighted by atomic mass is 9.85. The minimum Gasteiger partial charge on any atom is -0.381 e. The molecule has 2 heteroatoms. The summed E-state index contributed by atoms with van der Waals surface area (Å²) in [5.74, 6) is 0. The first-order valence-corrected chi connectivity index (χ1v) is 7.95. The van der Waals surface area contributed by atoms with Gasteiger partial charge in [0, 0.05) is 19.3 Å². The van der Waals surface area contributed by atoms with Crippen LogP contribution < -0.4 is 5.32 Å². The zero-order valence-corrected chi connectivity index (χ0v) is 12.8. The first kappa shape index (κ1) is 16.0. The topological polar surface area (TPSA) is 21.3 Å². The van der Waals surface area contributed by atoms with Gasteiger partial charge in [0.05, 0.1) is 0 Å². The predicted octanol–water partition coefficient (Wildman–Crippen LogP) is 4.14. The second-order valence-corrected chi connectivity index (χ2v) is 6.57. The molecule has 1 aliphatic carbocycles. The molecule has 1 rings (SSSR count). The van der Waals surface area contributed by atoms with E-state index >= 15 is 0 Å². The largest absolute Gasteiger partial charge is 0.381 e. The van der Waals surface area contributed by atoms with Crippen molar-refractivity contribution in [1.82, 2.24) is 5.32 Å². The van der Waals surface area contributed by atoms with Crippen LogP contribution >= 0.6 is 0 Å². The monoisotopic (exact) mass is 255 g/mol. The first-order chi connectivity index (χ1) is 8.64. The van der Waals surface area contributed by atoms with Crippen LogP contribution in [0.4, 0.5) is 0 Å². The Hall–Kier alpha value is -0.0800. The zero-order valence-electron chi connectivity index (χ0n) is 12.8. The molecular formula is C16H33NO. The summed E-state index contributed by atoms with van der Waals surface area (Å²) >= 11 is 0. The van der Waals surface area contributed by atoms with E-state index in [2.05, 4.69) is 26.1 Å². The Kier molecular flexibility index (Phi) is 7.92. The molecule has 0 aromatic rings. The van der Waals surface area contributed by atoms with Gasteiger partial charge in [-0.05, 0) is 50.5 Å². The van der Waals surface area contributed by atoms with Crippen molar-refractivity contribution in [2.45, 2.75) is 78.2 Å². The van der Waals surface area contributed by atoms with Crippen molar-refractivity contribution < 1.29 is 4.74 Å². The summed E-state index contributed by atoms with van der Waals surface area (Å²) in [6.45, 7) is 10.0. The SMILES string of the molecule is CCCCOCCCNC1CCCC(C)(C)CC1. The van der Waals surface area contributed by atoms with Gasteiger partial charge >= 0.3 is 0 Å². The molecule has 0 aliphatic heterocycles. The fourth-order valence-corrected chi connectivity index (χ4v) is 2.69. The number of hydrogen-bond acceptors (Lipinski definition) is 2. The molecular weight excluding hydrogens is 222 g/mol. The highest BCUT2D eigenvalue weighted by molar-refractivity contribution is 4.79. The van der Waals surface area contributed by atoms with Gasteiger partial charge in [0.2, 0.25) is 0 Å². The van der Waals surface area contributed by atoms with Crippen LogP contribution in [0.15, 0.2) is 0 Å². The molecule has 1 aliphatic rings. The third-order valence-electron chi connectivity index (χ3n) is 4.12. The average Bonchev–Trinajstić information content (AvgIpc) is 2.50. The van der Waals surface area contributed by atoms with Gasteiger partial charge < -0.3 is 10.1 Å². The van der Waals surface area contributed by atoms with Crippen molar-refractivity contribution in [1.29, 1.82) is 0 Å². The Labute approximate surface area is 114 Å². The fourth-order valence-electron chi connectivity index (χ4n) is 2.69. The van der Waals surface area contributed by atoms with Gasteiger partial charge in [-0.25, -0.2) is 0 Å². The summed E-state index contributed by atoms with van der Waals surface area (Å²) in [6, 6.07) is 0.752. The molecule has 108 valence electrons. The van der Waals surface area contributed by atoms with Crippen molar-refractivity contribution in [3.8, 4) is 0 Å². The number of unbranched alkanes of at least 4 members (excludes halogenated alkanes) is 1. The van der Waals surface area contributed by atoms with E-state index in [-0.39, 0.29) is 0 Å². The number of nitrogens with one attached hydrogen (secondary N) is 1. The standard InChI is InChI=1S/C16H33NO/c1-4-5-13-18-14-7-12-17-15-8-6-10-16(2,3)11-9-15/h15,17H,4-14H2,1-3H3. The van der Waals surface area contributed by atoms with Crippen LogP contribution in [0.2, 0.25) is 0 Å². The molecule has 1 saturated carbocycles. The molecule has 0 spiro atoms. The summed E-state index contributed by atoms with van der Waals surface area (Å²) in [6.07, 6.45) is 10.5. The summed E-state index contributed by atoms with van der Waals surface area (Å²) in [7, 11) is 0. The lowest BCUT2D eigenvalue weighted by Crippen LogP contribution is -2.30. The fraction of sp³-hybridized carbons (Fsp3) is 1.00. The Balaban J connectivity index is 1.99. The first-order valence-electron chi connectivity index (χ1n) is 7.95. The second-order valence-electron chi connectivity index (χ2n) is 6.57. The molecule has 1 fully saturated rings. The molecule has 1 atom stereocenters. The molecule has 1 N–H and O–H groups in total. The van der Waals surface area contributed by atoms with E-state index in [9.17, 15) is 0 Å². The van der Waals surface area contributed by atoms with Gasteiger partial charge in [-0.3, -0.25) is 0 Å². The molecule has 0 radical (unpaired) electrons. The van der Waals surface area contributed by atoms with E-state index in [1.54, 1.807) is 0 Å². The van der Waals surface area contributed by atoms with Gasteiger partial charge in [0.15, 0.2) is 0 Å². The predicted molar refractivity (Wildman–Crippen MR) is 79.0 cm³/mol. The Morgan fingerprint density at radius 1 is 1.11 bits per heavy atom. The lowest BCUT2D eigenvalue weighted by molar-refractivity contribution is 0.128. The van der Waals surface area contributed by atoms with Crippen LogP contribution in [0.1, 0.15) is 72.1 Å². The normalized spacial score (nSPS) is 23.8. The average molecular weight is 255 g/mol. The van der Waals surface area contributed by atoms with E-state index in [1.807, 2.05) is 0 Å². The number of rotatable bonds is 8. The maximum atomic E-state index is 5.58. The van der Waals surface area contributed by atoms with E-state index in [4.69, 9.17) is 4.74 Å². The molecule has 0 heterocycles. The van der Waals surface area contributed by atoms with Crippen molar-refractivity contribution in [2.24, 2.45) is 5.41 Å². The minimum absolute atomic E-state index is 0.569. The van der Waals surface area contributed by atoms with E-state index < -0.39 is 0 Å². The van der Waals surface area contributed by atoms with Crippen LogP contribution in [0.5, 0.6) is 0 Å². The summed E-state index contributed by atoms with van der Waals surface area (Å²) in [4.78, 5) is 0. The number of ether oxygens (including phenoxy) is 1. The number of hydrogen-bond donors (Lipinski definition) is 1. The van der Waals surface area contributed by atoms with Crippen molar-refractivity contribution in [3.63, 3.8) is 0 Å². The van der Waals surface area contributed by atoms with Crippen LogP contribution in [0, 0.1) is 5.41 Å². The maximum absolute atomic E-state index is 5.58. The maximum Gasteiger partial charge on any atom is 0.0478 e. The van der Waals surface area contributed by atoms with Gasteiger partial charge in [0.1, 0.15) is 0 Å². The van der Waals surface area contributed by atoms with Crippen LogP contribution in [0.3, 0.4) is 0 Å². The van der Waals surface area contributed by atoms with Gasteiger partial charge in [-0.2, -0.15) is 0 Å². The molecule has 0 saturated heterocycles. The highest BCUT2D eigenvalue weighted by Crippen LogP contribution is 2.33. The van der Waals surface area contributed by atoms with E-state index in [1.165, 1.54) is 44.9 Å². The highest BCUT2D eigenvalue weighted by Gasteiger charge is 2.23. The molecule has 2 nitrogen and oxygen atoms in total. The molecule has 1 unspecified atom stereocenters. The minimum atomic E-state index is 0.569. The Morgan fingerprint density at radius 3 is 2.67 bits per heavy atom. The third-order valence-corrected chi connectivity index (χ3v) is 4.12. The van der Waals surface area contributed by atoms with Crippen LogP contribution in [-0.2, 0) is 4.74 Å². The highest BCUT2D eigenvalue weighted by atomic mass is 16.5. The molecule has 18 heavy (non-hydrogen) atoms. The lowest BCUT2D eigenvalue weighted by Gasteiger charge is -2.22. The summed E-state index contributed by atoms with van der Waals surface area (Å²) in [5.41, 5.74) is 0.569. The van der Waals surface area contributed by atoms with Gasteiger partial charge in [0.25, 0.3) is 0 Å². The van der Waals surface area contributed by atoms with Crippen LogP contribution in [-0.4, -0.2) is 25.8 Å². The Bertz CT molecular complexity index is 203. The summed E-state index contributed by atoms with van der Waals surface area (Å²) < 4.78 is 5.58. The van der Waals surface area contributed by atoms with E-state index in [0.717, 1.165) is 32.2 Å². The zero-order chi connectivity index (χ0) is 13.3. The van der Waals surface area contributed by atoms with Crippen molar-refractivity contribution in [3.05, 3.63) is 0 Å². The third kappa shape index (κ3) is 7.38.